The summed E-state index contributed by atoms with van der Waals surface area (Å²) in [5.74, 6) is 0. The van der Waals surface area contributed by atoms with Crippen LogP contribution in [0.3, 0.4) is 0 Å². The first-order chi connectivity index (χ1) is 9.02. The van der Waals surface area contributed by atoms with E-state index in [0.717, 1.165) is 25.9 Å². The number of benzene rings is 1. The Morgan fingerprint density at radius 2 is 2.11 bits per heavy atom. The number of aryl methyl sites for hydroxylation is 1. The fraction of sp³-hybridized carbons (Fsp3) is 0.625. The summed E-state index contributed by atoms with van der Waals surface area (Å²) >= 11 is 3.57. The number of hydrogen-bond donors (Lipinski definition) is 1. The highest BCUT2D eigenvalue weighted by Gasteiger charge is 2.39. The molecule has 3 heteroatoms. The number of nitrogens with two attached hydrogens (primary N) is 1. The van der Waals surface area contributed by atoms with Crippen LogP contribution in [0.5, 0.6) is 0 Å². The molecule has 1 aliphatic carbocycles. The van der Waals surface area contributed by atoms with Gasteiger partial charge in [-0.2, -0.15) is 0 Å². The molecule has 1 aromatic carbocycles. The molecule has 0 amide bonds. The van der Waals surface area contributed by atoms with E-state index in [0.29, 0.717) is 6.04 Å². The third-order valence-electron chi connectivity index (χ3n) is 4.50. The molecule has 19 heavy (non-hydrogen) atoms. The topological polar surface area (TPSA) is 29.3 Å². The minimum atomic E-state index is 0.143. The summed E-state index contributed by atoms with van der Waals surface area (Å²) in [6.45, 7) is 8.61. The first-order valence-electron chi connectivity index (χ1n) is 7.26. The number of nitrogens with zero attached hydrogens (tertiary/aromatic N) is 1. The monoisotopic (exact) mass is 324 g/mol. The lowest BCUT2D eigenvalue weighted by atomic mass is 9.76. The third-order valence-corrected chi connectivity index (χ3v) is 4.99. The molecular weight excluding hydrogens is 300 g/mol. The number of halogens is 1. The zero-order valence-corrected chi connectivity index (χ0v) is 13.8. The Morgan fingerprint density at radius 3 is 2.68 bits per heavy atom. The lowest BCUT2D eigenvalue weighted by Gasteiger charge is -2.48. The van der Waals surface area contributed by atoms with Gasteiger partial charge in [-0.3, -0.25) is 4.90 Å². The third kappa shape index (κ3) is 2.88. The molecule has 0 heterocycles. The van der Waals surface area contributed by atoms with E-state index in [1.54, 1.807) is 0 Å². The number of likely N-dealkylation sites (N-methyl/N-ethyl adjacent to an activating group) is 1. The Morgan fingerprint density at radius 1 is 1.37 bits per heavy atom. The average molecular weight is 325 g/mol. The summed E-state index contributed by atoms with van der Waals surface area (Å²) in [5, 5.41) is 0. The smallest absolute Gasteiger partial charge is 0.0377 e. The van der Waals surface area contributed by atoms with Gasteiger partial charge >= 0.3 is 0 Å². The van der Waals surface area contributed by atoms with Crippen LogP contribution in [-0.4, -0.2) is 29.6 Å². The second kappa shape index (κ2) is 5.94. The molecule has 1 aromatic rings. The SMILES string of the molecule is CCN(C(C)C)C1(CN)CCc2cc(Br)ccc2C1. The summed E-state index contributed by atoms with van der Waals surface area (Å²) in [4.78, 5) is 2.58. The van der Waals surface area contributed by atoms with Crippen molar-refractivity contribution in [3.05, 3.63) is 33.8 Å². The summed E-state index contributed by atoms with van der Waals surface area (Å²) in [6.07, 6.45) is 3.38. The van der Waals surface area contributed by atoms with Crippen molar-refractivity contribution >= 4 is 15.9 Å². The van der Waals surface area contributed by atoms with Crippen LogP contribution in [0.25, 0.3) is 0 Å². The van der Waals surface area contributed by atoms with E-state index in [9.17, 15) is 0 Å². The van der Waals surface area contributed by atoms with Crippen LogP contribution >= 0.6 is 15.9 Å². The highest BCUT2D eigenvalue weighted by atomic mass is 79.9. The molecule has 0 aliphatic heterocycles. The van der Waals surface area contributed by atoms with Gasteiger partial charge in [-0.25, -0.2) is 0 Å². The quantitative estimate of drug-likeness (QED) is 0.920. The maximum absolute atomic E-state index is 6.19. The van der Waals surface area contributed by atoms with E-state index in [2.05, 4.69) is 59.8 Å². The van der Waals surface area contributed by atoms with Gasteiger partial charge in [0.1, 0.15) is 0 Å². The summed E-state index contributed by atoms with van der Waals surface area (Å²) in [5.41, 5.74) is 9.29. The fourth-order valence-corrected chi connectivity index (χ4v) is 4.00. The van der Waals surface area contributed by atoms with Crippen molar-refractivity contribution in [1.29, 1.82) is 0 Å². The molecule has 0 saturated heterocycles. The summed E-state index contributed by atoms with van der Waals surface area (Å²) < 4.78 is 1.18. The Balaban J connectivity index is 2.33. The van der Waals surface area contributed by atoms with Crippen LogP contribution in [0.1, 0.15) is 38.3 Å². The maximum atomic E-state index is 6.19. The van der Waals surface area contributed by atoms with Crippen molar-refractivity contribution < 1.29 is 0 Å². The highest BCUT2D eigenvalue weighted by Crippen LogP contribution is 2.35. The second-order valence-corrected chi connectivity index (χ2v) is 6.81. The van der Waals surface area contributed by atoms with Crippen molar-refractivity contribution in [1.82, 2.24) is 4.90 Å². The molecule has 106 valence electrons. The van der Waals surface area contributed by atoms with Gasteiger partial charge in [-0.15, -0.1) is 0 Å². The average Bonchev–Trinajstić information content (AvgIpc) is 2.39. The minimum Gasteiger partial charge on any atom is -0.329 e. The van der Waals surface area contributed by atoms with E-state index in [1.165, 1.54) is 22.0 Å². The largest absolute Gasteiger partial charge is 0.329 e. The first-order valence-corrected chi connectivity index (χ1v) is 8.06. The van der Waals surface area contributed by atoms with Crippen molar-refractivity contribution in [3.8, 4) is 0 Å². The van der Waals surface area contributed by atoms with E-state index in [-0.39, 0.29) is 5.54 Å². The highest BCUT2D eigenvalue weighted by molar-refractivity contribution is 9.10. The van der Waals surface area contributed by atoms with Gasteiger partial charge in [0.15, 0.2) is 0 Å². The minimum absolute atomic E-state index is 0.143. The van der Waals surface area contributed by atoms with Crippen molar-refractivity contribution in [2.75, 3.05) is 13.1 Å². The van der Waals surface area contributed by atoms with Crippen molar-refractivity contribution in [3.63, 3.8) is 0 Å². The van der Waals surface area contributed by atoms with Gasteiger partial charge in [-0.1, -0.05) is 28.9 Å². The summed E-state index contributed by atoms with van der Waals surface area (Å²) in [7, 11) is 0. The second-order valence-electron chi connectivity index (χ2n) is 5.90. The Hall–Kier alpha value is -0.380. The van der Waals surface area contributed by atoms with Crippen molar-refractivity contribution in [2.24, 2.45) is 5.73 Å². The molecule has 2 rings (SSSR count). The molecule has 2 nitrogen and oxygen atoms in total. The van der Waals surface area contributed by atoms with Crippen molar-refractivity contribution in [2.45, 2.75) is 51.6 Å². The van der Waals surface area contributed by atoms with Crippen LogP contribution in [0.15, 0.2) is 22.7 Å². The first kappa shape index (κ1) is 15.0. The molecule has 1 aliphatic rings. The van der Waals surface area contributed by atoms with Crippen LogP contribution in [0.4, 0.5) is 0 Å². The van der Waals surface area contributed by atoms with Crippen LogP contribution < -0.4 is 5.73 Å². The van der Waals surface area contributed by atoms with Gasteiger partial charge < -0.3 is 5.73 Å². The van der Waals surface area contributed by atoms with Gasteiger partial charge in [-0.05, 0) is 62.9 Å². The number of hydrogen-bond acceptors (Lipinski definition) is 2. The molecule has 0 fully saturated rings. The Kier molecular flexibility index (Phi) is 4.70. The molecule has 0 bridgehead atoms. The zero-order valence-electron chi connectivity index (χ0n) is 12.2. The lowest BCUT2D eigenvalue weighted by Crippen LogP contribution is -2.59. The van der Waals surface area contributed by atoms with Crippen LogP contribution in [-0.2, 0) is 12.8 Å². The normalized spacial score (nSPS) is 22.9. The van der Waals surface area contributed by atoms with Gasteiger partial charge in [0.25, 0.3) is 0 Å². The molecule has 2 N–H and O–H groups in total. The standard InChI is InChI=1S/C16H25BrN2/c1-4-19(12(2)3)16(11-18)8-7-13-9-15(17)6-5-14(13)10-16/h5-6,9,12H,4,7-8,10-11,18H2,1-3H3. The Labute approximate surface area is 125 Å². The maximum Gasteiger partial charge on any atom is 0.0377 e. The molecular formula is C16H25BrN2. The van der Waals surface area contributed by atoms with Crippen LogP contribution in [0.2, 0.25) is 0 Å². The predicted octanol–water partition coefficient (Wildman–Crippen LogP) is 3.37. The van der Waals surface area contributed by atoms with Gasteiger partial charge in [0.05, 0.1) is 0 Å². The van der Waals surface area contributed by atoms with Gasteiger partial charge in [0, 0.05) is 22.6 Å². The fourth-order valence-electron chi connectivity index (χ4n) is 3.59. The predicted molar refractivity (Wildman–Crippen MR) is 85.5 cm³/mol. The van der Waals surface area contributed by atoms with Gasteiger partial charge in [0.2, 0.25) is 0 Å². The number of fused-ring (bicyclic) bond motifs is 1. The van der Waals surface area contributed by atoms with E-state index in [1.807, 2.05) is 0 Å². The lowest BCUT2D eigenvalue weighted by molar-refractivity contribution is 0.0546. The van der Waals surface area contributed by atoms with E-state index >= 15 is 0 Å². The zero-order chi connectivity index (χ0) is 14.0. The summed E-state index contributed by atoms with van der Waals surface area (Å²) in [6, 6.07) is 7.22. The van der Waals surface area contributed by atoms with Crippen LogP contribution in [0, 0.1) is 0 Å². The number of rotatable bonds is 4. The molecule has 1 atom stereocenters. The Bertz CT molecular complexity index is 444. The molecule has 1 unspecified atom stereocenters. The molecule has 0 radical (unpaired) electrons. The molecule has 0 spiro atoms. The van der Waals surface area contributed by atoms with E-state index in [4.69, 9.17) is 5.73 Å². The molecule has 0 saturated carbocycles. The molecule has 0 aromatic heterocycles. The van der Waals surface area contributed by atoms with E-state index < -0.39 is 0 Å².